The largest absolute Gasteiger partial charge is 0.395 e. The molecule has 0 aliphatic heterocycles. The fourth-order valence-electron chi connectivity index (χ4n) is 1.89. The van der Waals surface area contributed by atoms with E-state index in [4.69, 9.17) is 10.3 Å². The third-order valence-corrected chi connectivity index (χ3v) is 3.61. The molecule has 0 saturated heterocycles. The second-order valence-corrected chi connectivity index (χ2v) is 5.78. The zero-order chi connectivity index (χ0) is 20.4. The third-order valence-electron chi connectivity index (χ3n) is 3.61. The van der Waals surface area contributed by atoms with Crippen LogP contribution in [0, 0.1) is 29.6 Å². The highest BCUT2D eigenvalue weighted by molar-refractivity contribution is 6.12. The van der Waals surface area contributed by atoms with Crippen molar-refractivity contribution in [1.82, 2.24) is 16.1 Å². The molecule has 0 aliphatic rings. The number of hydroxylamine groups is 1. The van der Waals surface area contributed by atoms with E-state index >= 15 is 0 Å². The van der Waals surface area contributed by atoms with Crippen molar-refractivity contribution in [1.29, 1.82) is 0 Å². The second-order valence-electron chi connectivity index (χ2n) is 5.78. The quantitative estimate of drug-likeness (QED) is 0.205. The zero-order valence-electron chi connectivity index (χ0n) is 15.2. The van der Waals surface area contributed by atoms with Crippen molar-refractivity contribution in [2.75, 3.05) is 13.7 Å². The number of amides is 3. The number of rotatable bonds is 5. The van der Waals surface area contributed by atoms with Gasteiger partial charge in [0.25, 0.3) is 17.7 Å². The highest BCUT2D eigenvalue weighted by Crippen LogP contribution is 2.09. The van der Waals surface area contributed by atoms with Gasteiger partial charge in [-0.2, -0.15) is 0 Å². The third kappa shape index (κ3) is 5.86. The van der Waals surface area contributed by atoms with Gasteiger partial charge in [-0.05, 0) is 50.0 Å². The summed E-state index contributed by atoms with van der Waals surface area (Å²) in [6.45, 7) is 2.90. The molecule has 8 nitrogen and oxygen atoms in total. The number of nitrogens with one attached hydrogen (secondary N) is 3. The first-order chi connectivity index (χ1) is 12.8. The van der Waals surface area contributed by atoms with Crippen LogP contribution in [0.3, 0.4) is 0 Å². The first-order valence-electron chi connectivity index (χ1n) is 8.00. The summed E-state index contributed by atoms with van der Waals surface area (Å²) in [7, 11) is 1.30. The lowest BCUT2D eigenvalue weighted by atomic mass is 9.99. The SMILES string of the molecule is CNC(=O)C(C)(NC(=O)c1ccc(C#CC#CC(C)CO)cc1)C(=O)NO. The van der Waals surface area contributed by atoms with E-state index in [-0.39, 0.29) is 18.1 Å². The molecule has 3 amide bonds. The van der Waals surface area contributed by atoms with E-state index in [0.717, 1.165) is 0 Å². The first-order valence-corrected chi connectivity index (χ1v) is 8.00. The lowest BCUT2D eigenvalue weighted by Crippen LogP contribution is -2.64. The van der Waals surface area contributed by atoms with Crippen LogP contribution in [0.4, 0.5) is 0 Å². The molecule has 1 aromatic rings. The number of carbonyl (C=O) groups is 3. The lowest BCUT2D eigenvalue weighted by Gasteiger charge is -2.26. The fraction of sp³-hybridized carbons (Fsp3) is 0.316. The summed E-state index contributed by atoms with van der Waals surface area (Å²) >= 11 is 0. The van der Waals surface area contributed by atoms with Gasteiger partial charge < -0.3 is 15.7 Å². The van der Waals surface area contributed by atoms with Gasteiger partial charge in [-0.25, -0.2) is 5.48 Å². The number of aliphatic hydroxyl groups excluding tert-OH is 1. The minimum absolute atomic E-state index is 0.0399. The van der Waals surface area contributed by atoms with E-state index in [9.17, 15) is 14.4 Å². The first kappa shape index (κ1) is 21.7. The number of hydrogen-bond donors (Lipinski definition) is 5. The number of hydrogen-bond acceptors (Lipinski definition) is 5. The Labute approximate surface area is 157 Å². The van der Waals surface area contributed by atoms with Crippen LogP contribution in [0.5, 0.6) is 0 Å². The highest BCUT2D eigenvalue weighted by Gasteiger charge is 2.42. The van der Waals surface area contributed by atoms with E-state index < -0.39 is 23.3 Å². The maximum atomic E-state index is 12.3. The predicted molar refractivity (Wildman–Crippen MR) is 97.2 cm³/mol. The van der Waals surface area contributed by atoms with Crippen molar-refractivity contribution in [2.24, 2.45) is 5.92 Å². The summed E-state index contributed by atoms with van der Waals surface area (Å²) in [5.41, 5.74) is 0.185. The summed E-state index contributed by atoms with van der Waals surface area (Å²) in [4.78, 5) is 36.1. The number of aliphatic hydroxyl groups is 1. The van der Waals surface area contributed by atoms with Crippen molar-refractivity contribution >= 4 is 17.7 Å². The minimum Gasteiger partial charge on any atom is -0.395 e. The van der Waals surface area contributed by atoms with Gasteiger partial charge in [0.15, 0.2) is 5.54 Å². The molecule has 1 rings (SSSR count). The summed E-state index contributed by atoms with van der Waals surface area (Å²) in [5.74, 6) is 8.12. The average molecular weight is 371 g/mol. The monoisotopic (exact) mass is 371 g/mol. The maximum absolute atomic E-state index is 12.3. The van der Waals surface area contributed by atoms with E-state index in [0.29, 0.717) is 5.56 Å². The van der Waals surface area contributed by atoms with Gasteiger partial charge in [0, 0.05) is 24.1 Å². The second kappa shape index (κ2) is 9.97. The summed E-state index contributed by atoms with van der Waals surface area (Å²) in [5, 5.41) is 22.2. The van der Waals surface area contributed by atoms with Gasteiger partial charge >= 0.3 is 0 Å². The predicted octanol–water partition coefficient (Wildman–Crippen LogP) is -0.590. The van der Waals surface area contributed by atoms with Crippen molar-refractivity contribution in [3.05, 3.63) is 35.4 Å². The highest BCUT2D eigenvalue weighted by atomic mass is 16.5. The Kier molecular flexibility index (Phi) is 8.02. The van der Waals surface area contributed by atoms with Crippen LogP contribution in [0.25, 0.3) is 0 Å². The van der Waals surface area contributed by atoms with Gasteiger partial charge in [-0.3, -0.25) is 19.6 Å². The van der Waals surface area contributed by atoms with Crippen LogP contribution in [-0.2, 0) is 9.59 Å². The van der Waals surface area contributed by atoms with Gasteiger partial charge in [-0.15, -0.1) is 0 Å². The molecule has 0 radical (unpaired) electrons. The van der Waals surface area contributed by atoms with Gasteiger partial charge in [0.2, 0.25) is 0 Å². The molecular formula is C19H21N3O5. The van der Waals surface area contributed by atoms with Gasteiger partial charge in [0.05, 0.1) is 6.61 Å². The van der Waals surface area contributed by atoms with Crippen molar-refractivity contribution in [3.63, 3.8) is 0 Å². The standard InChI is InChI=1S/C19H21N3O5/c1-13(12-23)6-4-5-7-14-8-10-15(11-9-14)16(24)21-19(2,17(25)20-3)18(26)22-27/h8-11,13,23,27H,12H2,1-3H3,(H,20,25)(H,21,24)(H,22,26). The number of likely N-dealkylation sites (N-methyl/N-ethyl adjacent to an activating group) is 1. The van der Waals surface area contributed by atoms with E-state index in [1.54, 1.807) is 19.1 Å². The molecule has 27 heavy (non-hydrogen) atoms. The number of carbonyl (C=O) groups excluding carboxylic acids is 3. The Morgan fingerprint density at radius 3 is 2.30 bits per heavy atom. The van der Waals surface area contributed by atoms with Crippen LogP contribution < -0.4 is 16.1 Å². The normalized spacial score (nSPS) is 12.8. The molecule has 0 aliphatic carbocycles. The Morgan fingerprint density at radius 1 is 1.15 bits per heavy atom. The zero-order valence-corrected chi connectivity index (χ0v) is 15.2. The molecule has 5 N–H and O–H groups in total. The Balaban J connectivity index is 2.93. The van der Waals surface area contributed by atoms with E-state index in [1.807, 2.05) is 0 Å². The topological polar surface area (TPSA) is 128 Å². The molecule has 1 aromatic carbocycles. The fourth-order valence-corrected chi connectivity index (χ4v) is 1.89. The molecular weight excluding hydrogens is 350 g/mol. The summed E-state index contributed by atoms with van der Waals surface area (Å²) < 4.78 is 0. The van der Waals surface area contributed by atoms with Crippen LogP contribution in [0.15, 0.2) is 24.3 Å². The minimum atomic E-state index is -1.99. The van der Waals surface area contributed by atoms with E-state index in [1.165, 1.54) is 31.6 Å². The van der Waals surface area contributed by atoms with Gasteiger partial charge in [-0.1, -0.05) is 11.8 Å². The lowest BCUT2D eigenvalue weighted by molar-refractivity contribution is -0.143. The summed E-state index contributed by atoms with van der Waals surface area (Å²) in [6.07, 6.45) is 0. The molecule has 0 heterocycles. The van der Waals surface area contributed by atoms with Gasteiger partial charge in [0.1, 0.15) is 0 Å². The molecule has 0 saturated carbocycles. The molecule has 0 aromatic heterocycles. The molecule has 0 bridgehead atoms. The smallest absolute Gasteiger partial charge is 0.278 e. The van der Waals surface area contributed by atoms with Crippen LogP contribution in [0.1, 0.15) is 29.8 Å². The van der Waals surface area contributed by atoms with Crippen LogP contribution in [0.2, 0.25) is 0 Å². The Hall–Kier alpha value is -3.33. The molecule has 2 unspecified atom stereocenters. The van der Waals surface area contributed by atoms with Crippen molar-refractivity contribution < 1.29 is 24.7 Å². The van der Waals surface area contributed by atoms with E-state index in [2.05, 4.69) is 34.3 Å². The number of benzene rings is 1. The molecule has 2 atom stereocenters. The molecule has 142 valence electrons. The van der Waals surface area contributed by atoms with Crippen LogP contribution >= 0.6 is 0 Å². The van der Waals surface area contributed by atoms with Crippen molar-refractivity contribution in [3.8, 4) is 23.7 Å². The maximum Gasteiger partial charge on any atom is 0.278 e. The Bertz CT molecular complexity index is 809. The van der Waals surface area contributed by atoms with Crippen molar-refractivity contribution in [2.45, 2.75) is 19.4 Å². The van der Waals surface area contributed by atoms with Crippen LogP contribution in [-0.4, -0.2) is 47.2 Å². The molecule has 0 spiro atoms. The summed E-state index contributed by atoms with van der Waals surface area (Å²) in [6, 6.07) is 6.12. The molecule has 8 heteroatoms. The molecule has 0 fully saturated rings. The average Bonchev–Trinajstić information content (AvgIpc) is 2.69. The Morgan fingerprint density at radius 2 is 1.78 bits per heavy atom.